The summed E-state index contributed by atoms with van der Waals surface area (Å²) in [6, 6.07) is 0. The number of aliphatic hydroxyl groups excluding tert-OH is 1. The van der Waals surface area contributed by atoms with Crippen LogP contribution in [0.25, 0.3) is 0 Å². The number of carbonyl (C=O) groups excluding carboxylic acids is 1. The minimum absolute atomic E-state index is 0.0680. The number of hydrogen-bond acceptors (Lipinski definition) is 5. The van der Waals surface area contributed by atoms with Crippen LogP contribution in [-0.4, -0.2) is 36.6 Å². The number of ether oxygens (including phenoxy) is 1. The van der Waals surface area contributed by atoms with Crippen LogP contribution in [0.3, 0.4) is 0 Å². The molecule has 2 N–H and O–H groups in total. The molecular weight excluding hydrogens is 196 g/mol. The van der Waals surface area contributed by atoms with Gasteiger partial charge in [0.05, 0.1) is 6.61 Å². The molecule has 0 saturated carbocycles. The van der Waals surface area contributed by atoms with Gasteiger partial charge in [0, 0.05) is 13.1 Å². The second-order valence-corrected chi connectivity index (χ2v) is 3.19. The van der Waals surface area contributed by atoms with Gasteiger partial charge in [0.1, 0.15) is 17.2 Å². The molecule has 0 aromatic carbocycles. The Morgan fingerprint density at radius 3 is 2.87 bits per heavy atom. The molecule has 5 nitrogen and oxygen atoms in total. The van der Waals surface area contributed by atoms with Gasteiger partial charge in [-0.2, -0.15) is 0 Å². The number of rotatable bonds is 3. The van der Waals surface area contributed by atoms with Crippen LogP contribution in [0, 0.1) is 0 Å². The third-order valence-electron chi connectivity index (χ3n) is 1.98. The molecule has 0 radical (unpaired) electrons. The molecule has 5 heteroatoms. The van der Waals surface area contributed by atoms with E-state index in [-0.39, 0.29) is 17.9 Å². The number of carbonyl (C=O) groups is 1. The van der Waals surface area contributed by atoms with Gasteiger partial charge in [-0.25, -0.2) is 4.79 Å². The van der Waals surface area contributed by atoms with Crippen molar-refractivity contribution in [3.05, 3.63) is 11.3 Å². The standard InChI is InChI=1S/C10H16N2O3/c1-3-15-10(14)8(7(2)13)9-11-5-4-6-12-9/h13H,3-6H2,1-2H3,(H,11,12). The maximum Gasteiger partial charge on any atom is 0.345 e. The number of hydrogen-bond donors (Lipinski definition) is 2. The van der Waals surface area contributed by atoms with Crippen molar-refractivity contribution in [2.45, 2.75) is 20.3 Å². The van der Waals surface area contributed by atoms with Crippen molar-refractivity contribution in [1.82, 2.24) is 5.32 Å². The van der Waals surface area contributed by atoms with Crippen molar-refractivity contribution in [2.24, 2.45) is 4.99 Å². The molecule has 1 aliphatic rings. The van der Waals surface area contributed by atoms with E-state index in [9.17, 15) is 9.90 Å². The summed E-state index contributed by atoms with van der Waals surface area (Å²) in [7, 11) is 0. The minimum atomic E-state index is -0.536. The summed E-state index contributed by atoms with van der Waals surface area (Å²) in [5, 5.41) is 12.4. The summed E-state index contributed by atoms with van der Waals surface area (Å²) in [5.74, 6) is -0.174. The van der Waals surface area contributed by atoms with Gasteiger partial charge in [0.25, 0.3) is 0 Å². The smallest absolute Gasteiger partial charge is 0.345 e. The van der Waals surface area contributed by atoms with Crippen LogP contribution in [0.1, 0.15) is 20.3 Å². The van der Waals surface area contributed by atoms with Crippen LogP contribution in [0.15, 0.2) is 16.3 Å². The zero-order valence-corrected chi connectivity index (χ0v) is 9.04. The highest BCUT2D eigenvalue weighted by molar-refractivity contribution is 6.19. The predicted octanol–water partition coefficient (Wildman–Crippen LogP) is 0.773. The van der Waals surface area contributed by atoms with Crippen molar-refractivity contribution in [3.8, 4) is 0 Å². The average Bonchev–Trinajstić information content (AvgIpc) is 2.19. The van der Waals surface area contributed by atoms with Gasteiger partial charge < -0.3 is 15.2 Å². The summed E-state index contributed by atoms with van der Waals surface area (Å²) in [4.78, 5) is 15.7. The lowest BCUT2D eigenvalue weighted by molar-refractivity contribution is -0.138. The number of nitrogens with zero attached hydrogens (tertiary/aromatic N) is 1. The summed E-state index contributed by atoms with van der Waals surface area (Å²) < 4.78 is 4.84. The molecule has 0 bridgehead atoms. The van der Waals surface area contributed by atoms with Crippen LogP contribution >= 0.6 is 0 Å². The van der Waals surface area contributed by atoms with Crippen molar-refractivity contribution in [3.63, 3.8) is 0 Å². The number of esters is 1. The summed E-state index contributed by atoms with van der Waals surface area (Å²) in [5.41, 5.74) is 0.136. The summed E-state index contributed by atoms with van der Waals surface area (Å²) >= 11 is 0. The van der Waals surface area contributed by atoms with E-state index in [1.165, 1.54) is 6.92 Å². The predicted molar refractivity (Wildman–Crippen MR) is 56.9 cm³/mol. The van der Waals surface area contributed by atoms with E-state index in [1.54, 1.807) is 6.92 Å². The lowest BCUT2D eigenvalue weighted by Gasteiger charge is -2.16. The molecule has 0 saturated heterocycles. The first-order valence-electron chi connectivity index (χ1n) is 5.02. The Bertz CT molecular complexity index is 304. The zero-order chi connectivity index (χ0) is 11.3. The van der Waals surface area contributed by atoms with E-state index in [0.29, 0.717) is 12.4 Å². The Morgan fingerprint density at radius 2 is 2.40 bits per heavy atom. The van der Waals surface area contributed by atoms with Gasteiger partial charge in [-0.05, 0) is 20.3 Å². The molecule has 0 atom stereocenters. The first-order chi connectivity index (χ1) is 7.16. The van der Waals surface area contributed by atoms with E-state index in [1.807, 2.05) is 0 Å². The molecule has 84 valence electrons. The Kier molecular flexibility index (Phi) is 4.15. The highest BCUT2D eigenvalue weighted by atomic mass is 16.5. The quantitative estimate of drug-likeness (QED) is 0.412. The van der Waals surface area contributed by atoms with Crippen molar-refractivity contribution in [2.75, 3.05) is 19.7 Å². The molecule has 0 aliphatic carbocycles. The largest absolute Gasteiger partial charge is 0.512 e. The fourth-order valence-corrected chi connectivity index (χ4v) is 1.32. The van der Waals surface area contributed by atoms with Gasteiger partial charge in [-0.1, -0.05) is 0 Å². The SMILES string of the molecule is CCOC(=O)C(C1=NCCCN1)=C(C)O. The van der Waals surface area contributed by atoms with Crippen LogP contribution in [-0.2, 0) is 9.53 Å². The number of aliphatic imine (C=N–C) groups is 1. The second-order valence-electron chi connectivity index (χ2n) is 3.19. The third kappa shape index (κ3) is 2.97. The number of allylic oxidation sites excluding steroid dienone is 1. The van der Waals surface area contributed by atoms with E-state index in [2.05, 4.69) is 10.3 Å². The van der Waals surface area contributed by atoms with E-state index in [0.717, 1.165) is 13.0 Å². The van der Waals surface area contributed by atoms with Crippen LogP contribution in [0.4, 0.5) is 0 Å². The molecule has 1 rings (SSSR count). The summed E-state index contributed by atoms with van der Waals surface area (Å²) in [6.07, 6.45) is 0.935. The molecule has 0 unspecified atom stereocenters. The lowest BCUT2D eigenvalue weighted by Crippen LogP contribution is -2.34. The van der Waals surface area contributed by atoms with Gasteiger partial charge >= 0.3 is 5.97 Å². The van der Waals surface area contributed by atoms with Gasteiger partial charge in [0.2, 0.25) is 0 Å². The number of amidine groups is 1. The topological polar surface area (TPSA) is 70.9 Å². The van der Waals surface area contributed by atoms with E-state index in [4.69, 9.17) is 4.74 Å². The molecular formula is C10H16N2O3. The Balaban J connectivity index is 2.88. The highest BCUT2D eigenvalue weighted by Gasteiger charge is 2.21. The van der Waals surface area contributed by atoms with Crippen LogP contribution in [0.2, 0.25) is 0 Å². The Hall–Kier alpha value is -1.52. The maximum atomic E-state index is 11.5. The fraction of sp³-hybridized carbons (Fsp3) is 0.600. The molecule has 1 heterocycles. The molecule has 0 fully saturated rings. The minimum Gasteiger partial charge on any atom is -0.512 e. The van der Waals surface area contributed by atoms with Gasteiger partial charge in [-0.15, -0.1) is 0 Å². The molecule has 0 amide bonds. The average molecular weight is 212 g/mol. The second kappa shape index (κ2) is 5.38. The zero-order valence-electron chi connectivity index (χ0n) is 9.04. The van der Waals surface area contributed by atoms with Gasteiger partial charge in [0.15, 0.2) is 0 Å². The monoisotopic (exact) mass is 212 g/mol. The highest BCUT2D eigenvalue weighted by Crippen LogP contribution is 2.08. The van der Waals surface area contributed by atoms with Crippen molar-refractivity contribution >= 4 is 11.8 Å². The normalized spacial score (nSPS) is 17.3. The first kappa shape index (κ1) is 11.6. The lowest BCUT2D eigenvalue weighted by atomic mass is 10.2. The van der Waals surface area contributed by atoms with Gasteiger partial charge in [-0.3, -0.25) is 4.99 Å². The van der Waals surface area contributed by atoms with Crippen LogP contribution < -0.4 is 5.32 Å². The third-order valence-corrected chi connectivity index (χ3v) is 1.98. The van der Waals surface area contributed by atoms with Crippen molar-refractivity contribution in [1.29, 1.82) is 0 Å². The molecule has 1 aliphatic heterocycles. The number of aliphatic hydroxyl groups is 1. The Morgan fingerprint density at radius 1 is 1.67 bits per heavy atom. The van der Waals surface area contributed by atoms with Crippen molar-refractivity contribution < 1.29 is 14.6 Å². The molecule has 0 spiro atoms. The van der Waals surface area contributed by atoms with E-state index < -0.39 is 5.97 Å². The Labute approximate surface area is 88.8 Å². The van der Waals surface area contributed by atoms with E-state index >= 15 is 0 Å². The molecule has 15 heavy (non-hydrogen) atoms. The number of nitrogens with one attached hydrogen (secondary N) is 1. The van der Waals surface area contributed by atoms with Crippen LogP contribution in [0.5, 0.6) is 0 Å². The molecule has 0 aromatic heterocycles. The fourth-order valence-electron chi connectivity index (χ4n) is 1.32. The first-order valence-corrected chi connectivity index (χ1v) is 5.02. The maximum absolute atomic E-state index is 11.5. The summed E-state index contributed by atoms with van der Waals surface area (Å²) in [6.45, 7) is 4.87. The molecule has 0 aromatic rings.